The molecule has 3 aromatic carbocycles. The molecule has 1 heterocycles. The molecule has 0 bridgehead atoms. The number of carbonyl (C=O) groups excluding carboxylic acids is 2. The van der Waals surface area contributed by atoms with Crippen molar-refractivity contribution in [2.75, 3.05) is 4.90 Å². The number of benzene rings is 3. The van der Waals surface area contributed by atoms with Gasteiger partial charge in [0.1, 0.15) is 11.5 Å². The van der Waals surface area contributed by atoms with Crippen molar-refractivity contribution in [3.63, 3.8) is 0 Å². The molecule has 0 spiro atoms. The fourth-order valence-corrected chi connectivity index (χ4v) is 4.36. The molecule has 8 heteroatoms. The SMILES string of the molecule is CC(C)Oc1ccc(C2/C(=C(/O)c3cccc([N+](=O)[O-])c3)C(=O)C(=O)N2c2ccc(C(C)C)cc2)cc1. The van der Waals surface area contributed by atoms with Crippen LogP contribution in [-0.2, 0) is 9.59 Å². The number of nitro groups is 1. The zero-order valence-electron chi connectivity index (χ0n) is 21.0. The van der Waals surface area contributed by atoms with Crippen molar-refractivity contribution in [2.45, 2.75) is 45.8 Å². The Bertz CT molecular complexity index is 1370. The standard InChI is InChI=1S/C29H28N2O6/c1-17(2)19-8-12-22(13-9-19)30-26(20-10-14-24(15-11-20)37-18(3)4)25(28(33)29(30)34)27(32)21-6-5-7-23(16-21)31(35)36/h5-18,26,32H,1-4H3/b27-25-. The Balaban J connectivity index is 1.89. The Kier molecular flexibility index (Phi) is 7.11. The summed E-state index contributed by atoms with van der Waals surface area (Å²) >= 11 is 0. The second-order valence-electron chi connectivity index (χ2n) is 9.46. The number of non-ortho nitro benzene ring substituents is 1. The van der Waals surface area contributed by atoms with Crippen molar-refractivity contribution in [3.8, 4) is 5.75 Å². The van der Waals surface area contributed by atoms with Crippen LogP contribution in [0.3, 0.4) is 0 Å². The zero-order valence-corrected chi connectivity index (χ0v) is 21.0. The fourth-order valence-electron chi connectivity index (χ4n) is 4.36. The van der Waals surface area contributed by atoms with Crippen LogP contribution >= 0.6 is 0 Å². The van der Waals surface area contributed by atoms with Crippen LogP contribution in [0.2, 0.25) is 0 Å². The molecule has 4 rings (SSSR count). The second-order valence-corrected chi connectivity index (χ2v) is 9.46. The molecule has 1 aliphatic heterocycles. The van der Waals surface area contributed by atoms with Crippen LogP contribution in [0.1, 0.15) is 56.3 Å². The van der Waals surface area contributed by atoms with Gasteiger partial charge in [-0.3, -0.25) is 24.6 Å². The number of nitrogens with zero attached hydrogens (tertiary/aromatic N) is 2. The van der Waals surface area contributed by atoms with Gasteiger partial charge < -0.3 is 9.84 Å². The van der Waals surface area contributed by atoms with E-state index < -0.39 is 28.4 Å². The van der Waals surface area contributed by atoms with E-state index in [-0.39, 0.29) is 28.8 Å². The number of carbonyl (C=O) groups is 2. The highest BCUT2D eigenvalue weighted by Crippen LogP contribution is 2.43. The molecule has 0 aromatic heterocycles. The van der Waals surface area contributed by atoms with Crippen LogP contribution in [0.4, 0.5) is 11.4 Å². The van der Waals surface area contributed by atoms with Crippen molar-refractivity contribution in [2.24, 2.45) is 0 Å². The summed E-state index contributed by atoms with van der Waals surface area (Å²) in [4.78, 5) is 38.7. The van der Waals surface area contributed by atoms with E-state index in [1.54, 1.807) is 36.4 Å². The number of ketones is 1. The van der Waals surface area contributed by atoms with Gasteiger partial charge in [0.25, 0.3) is 17.4 Å². The Morgan fingerprint density at radius 2 is 1.62 bits per heavy atom. The van der Waals surface area contributed by atoms with Gasteiger partial charge in [-0.2, -0.15) is 0 Å². The minimum Gasteiger partial charge on any atom is -0.507 e. The smallest absolute Gasteiger partial charge is 0.300 e. The van der Waals surface area contributed by atoms with Crippen LogP contribution < -0.4 is 9.64 Å². The summed E-state index contributed by atoms with van der Waals surface area (Å²) in [6.07, 6.45) is -0.0372. The van der Waals surface area contributed by atoms with E-state index in [1.165, 1.54) is 29.2 Å². The number of amides is 1. The molecule has 37 heavy (non-hydrogen) atoms. The van der Waals surface area contributed by atoms with Crippen LogP contribution in [0.15, 0.2) is 78.4 Å². The molecule has 8 nitrogen and oxygen atoms in total. The number of ether oxygens (including phenoxy) is 1. The number of rotatable bonds is 7. The number of aliphatic hydroxyl groups is 1. The number of Topliss-reactive ketones (excluding diaryl/α,β-unsaturated/α-hetero) is 1. The summed E-state index contributed by atoms with van der Waals surface area (Å²) in [5, 5.41) is 22.5. The molecule has 0 aliphatic carbocycles. The second kappa shape index (κ2) is 10.3. The lowest BCUT2D eigenvalue weighted by atomic mass is 9.94. The maximum atomic E-state index is 13.3. The Morgan fingerprint density at radius 1 is 0.973 bits per heavy atom. The minimum atomic E-state index is -0.947. The van der Waals surface area contributed by atoms with Crippen LogP contribution in [-0.4, -0.2) is 27.8 Å². The first kappa shape index (κ1) is 25.6. The quantitative estimate of drug-likeness (QED) is 0.137. The normalized spacial score (nSPS) is 17.0. The maximum Gasteiger partial charge on any atom is 0.300 e. The first-order valence-corrected chi connectivity index (χ1v) is 12.0. The summed E-state index contributed by atoms with van der Waals surface area (Å²) in [6.45, 7) is 7.92. The lowest BCUT2D eigenvalue weighted by molar-refractivity contribution is -0.384. The Morgan fingerprint density at radius 3 is 2.19 bits per heavy atom. The lowest BCUT2D eigenvalue weighted by Crippen LogP contribution is -2.29. The molecule has 3 aromatic rings. The van der Waals surface area contributed by atoms with Crippen LogP contribution in [0.25, 0.3) is 5.76 Å². The van der Waals surface area contributed by atoms with Crippen molar-refractivity contribution in [1.29, 1.82) is 0 Å². The van der Waals surface area contributed by atoms with Crippen molar-refractivity contribution in [3.05, 3.63) is 105 Å². The number of hydrogen-bond acceptors (Lipinski definition) is 6. The van der Waals surface area contributed by atoms with Gasteiger partial charge in [-0.05, 0) is 55.2 Å². The van der Waals surface area contributed by atoms with Crippen LogP contribution in [0, 0.1) is 10.1 Å². The van der Waals surface area contributed by atoms with Crippen LogP contribution in [0.5, 0.6) is 5.75 Å². The van der Waals surface area contributed by atoms with E-state index >= 15 is 0 Å². The molecule has 1 saturated heterocycles. The largest absolute Gasteiger partial charge is 0.507 e. The monoisotopic (exact) mass is 500 g/mol. The summed E-state index contributed by atoms with van der Waals surface area (Å²) in [5.41, 5.74) is 1.84. The molecular formula is C29H28N2O6. The number of nitro benzene ring substituents is 1. The number of hydrogen-bond donors (Lipinski definition) is 1. The highest BCUT2D eigenvalue weighted by molar-refractivity contribution is 6.51. The number of anilines is 1. The topological polar surface area (TPSA) is 110 Å². The van der Waals surface area contributed by atoms with E-state index in [4.69, 9.17) is 4.74 Å². The molecule has 1 N–H and O–H groups in total. The number of aliphatic hydroxyl groups excluding tert-OH is 1. The summed E-state index contributed by atoms with van der Waals surface area (Å²) in [6, 6.07) is 18.7. The van der Waals surface area contributed by atoms with Gasteiger partial charge in [0.05, 0.1) is 22.6 Å². The van der Waals surface area contributed by atoms with E-state index in [2.05, 4.69) is 13.8 Å². The average Bonchev–Trinajstić information content (AvgIpc) is 3.14. The Labute approximate surface area is 215 Å². The molecule has 1 atom stereocenters. The van der Waals surface area contributed by atoms with E-state index in [9.17, 15) is 24.8 Å². The predicted molar refractivity (Wildman–Crippen MR) is 141 cm³/mol. The molecule has 1 aliphatic rings. The van der Waals surface area contributed by atoms with E-state index in [1.807, 2.05) is 26.0 Å². The van der Waals surface area contributed by atoms with Gasteiger partial charge in [0.2, 0.25) is 0 Å². The first-order valence-electron chi connectivity index (χ1n) is 12.0. The van der Waals surface area contributed by atoms with Gasteiger partial charge in [0, 0.05) is 23.4 Å². The summed E-state index contributed by atoms with van der Waals surface area (Å²) < 4.78 is 5.73. The highest BCUT2D eigenvalue weighted by Gasteiger charge is 2.47. The first-order chi connectivity index (χ1) is 17.6. The maximum absolute atomic E-state index is 13.3. The van der Waals surface area contributed by atoms with Gasteiger partial charge >= 0.3 is 0 Å². The fraction of sp³-hybridized carbons (Fsp3) is 0.241. The van der Waals surface area contributed by atoms with Crippen molar-refractivity contribution in [1.82, 2.24) is 0 Å². The van der Waals surface area contributed by atoms with Crippen molar-refractivity contribution >= 4 is 28.8 Å². The van der Waals surface area contributed by atoms with Crippen molar-refractivity contribution < 1.29 is 24.4 Å². The molecule has 190 valence electrons. The minimum absolute atomic E-state index is 0.0372. The van der Waals surface area contributed by atoms with Gasteiger partial charge in [-0.15, -0.1) is 0 Å². The van der Waals surface area contributed by atoms with E-state index in [0.29, 0.717) is 17.0 Å². The summed E-state index contributed by atoms with van der Waals surface area (Å²) in [5.74, 6) is -1.24. The van der Waals surface area contributed by atoms with Gasteiger partial charge in [-0.1, -0.05) is 50.2 Å². The lowest BCUT2D eigenvalue weighted by Gasteiger charge is -2.26. The Hall–Kier alpha value is -4.46. The average molecular weight is 501 g/mol. The molecule has 1 amide bonds. The predicted octanol–water partition coefficient (Wildman–Crippen LogP) is 6.13. The third-order valence-corrected chi connectivity index (χ3v) is 6.18. The molecule has 0 saturated carbocycles. The highest BCUT2D eigenvalue weighted by atomic mass is 16.6. The van der Waals surface area contributed by atoms with Gasteiger partial charge in [0.15, 0.2) is 0 Å². The molecule has 0 radical (unpaired) electrons. The molecular weight excluding hydrogens is 472 g/mol. The third kappa shape index (κ3) is 5.09. The zero-order chi connectivity index (χ0) is 26.9. The summed E-state index contributed by atoms with van der Waals surface area (Å²) in [7, 11) is 0. The molecule has 1 fully saturated rings. The molecule has 1 unspecified atom stereocenters. The van der Waals surface area contributed by atoms with Gasteiger partial charge in [-0.25, -0.2) is 0 Å². The van der Waals surface area contributed by atoms with E-state index in [0.717, 1.165) is 5.56 Å². The third-order valence-electron chi connectivity index (χ3n) is 6.18.